The van der Waals surface area contributed by atoms with E-state index >= 15 is 0 Å². The molecule has 0 aliphatic carbocycles. The Morgan fingerprint density at radius 1 is 0.967 bits per heavy atom. The van der Waals surface area contributed by atoms with Crippen LogP contribution in [0.3, 0.4) is 0 Å². The summed E-state index contributed by atoms with van der Waals surface area (Å²) in [5.41, 5.74) is -0.0284. The largest absolute Gasteiger partial charge is 0.497 e. The number of carbonyl (C=O) groups excluding carboxylic acids is 2. The van der Waals surface area contributed by atoms with Crippen molar-refractivity contribution in [2.24, 2.45) is 5.92 Å². The maximum absolute atomic E-state index is 13.2. The molecule has 0 spiro atoms. The Bertz CT molecular complexity index is 852. The third kappa shape index (κ3) is 5.88. The van der Waals surface area contributed by atoms with Crippen molar-refractivity contribution < 1.29 is 37.0 Å². The molecule has 0 fully saturated rings. The molecule has 0 saturated heterocycles. The zero-order chi connectivity index (χ0) is 22.3. The quantitative estimate of drug-likeness (QED) is 0.504. The fourth-order valence-corrected chi connectivity index (χ4v) is 2.91. The van der Waals surface area contributed by atoms with Crippen LogP contribution in [0.2, 0.25) is 0 Å². The lowest BCUT2D eigenvalue weighted by molar-refractivity contribution is -0.159. The van der Waals surface area contributed by atoms with Crippen molar-refractivity contribution in [1.82, 2.24) is 0 Å². The smallest absolute Gasteiger partial charge is 0.416 e. The number of methoxy groups -OCH3 is 3. The van der Waals surface area contributed by atoms with E-state index < -0.39 is 35.6 Å². The maximum atomic E-state index is 13.2. The molecule has 9 heteroatoms. The van der Waals surface area contributed by atoms with E-state index in [1.807, 2.05) is 0 Å². The second kappa shape index (κ2) is 10.00. The Labute approximate surface area is 171 Å². The number of halogens is 3. The van der Waals surface area contributed by atoms with E-state index in [2.05, 4.69) is 14.8 Å². The van der Waals surface area contributed by atoms with Gasteiger partial charge in [0.15, 0.2) is 5.92 Å². The molecular formula is C21H22F3NO5. The Kier molecular flexibility index (Phi) is 7.68. The molecule has 162 valence electrons. The van der Waals surface area contributed by atoms with Crippen molar-refractivity contribution in [3.05, 3.63) is 59.7 Å². The molecule has 0 unspecified atom stereocenters. The summed E-state index contributed by atoms with van der Waals surface area (Å²) in [4.78, 5) is 24.2. The summed E-state index contributed by atoms with van der Waals surface area (Å²) < 4.78 is 54.0. The minimum atomic E-state index is -4.54. The Hall–Kier alpha value is -3.23. The third-order valence-electron chi connectivity index (χ3n) is 4.49. The second-order valence-corrected chi connectivity index (χ2v) is 6.38. The highest BCUT2D eigenvalue weighted by Crippen LogP contribution is 2.34. The molecule has 2 rings (SSSR count). The minimum absolute atomic E-state index is 0.174. The Morgan fingerprint density at radius 2 is 1.57 bits per heavy atom. The number of nitrogens with one attached hydrogen (secondary N) is 1. The van der Waals surface area contributed by atoms with Gasteiger partial charge in [0.05, 0.1) is 32.9 Å². The normalized spacial score (nSPS) is 12.2. The van der Waals surface area contributed by atoms with Crippen LogP contribution in [0.15, 0.2) is 48.5 Å². The van der Waals surface area contributed by atoms with E-state index in [1.165, 1.54) is 19.2 Å². The van der Waals surface area contributed by atoms with E-state index in [1.54, 1.807) is 24.3 Å². The van der Waals surface area contributed by atoms with Crippen LogP contribution in [-0.2, 0) is 25.2 Å². The number of carbonyl (C=O) groups is 2. The molecule has 2 aromatic rings. The van der Waals surface area contributed by atoms with Gasteiger partial charge in [-0.1, -0.05) is 12.1 Å². The first-order chi connectivity index (χ1) is 14.2. The lowest BCUT2D eigenvalue weighted by atomic mass is 9.93. The van der Waals surface area contributed by atoms with Crippen LogP contribution in [-0.4, -0.2) is 33.3 Å². The average Bonchev–Trinajstić information content (AvgIpc) is 2.75. The van der Waals surface area contributed by atoms with Gasteiger partial charge in [0.25, 0.3) is 0 Å². The molecule has 2 aromatic carbocycles. The van der Waals surface area contributed by atoms with Crippen LogP contribution >= 0.6 is 0 Å². The molecule has 0 heterocycles. The first-order valence-electron chi connectivity index (χ1n) is 8.93. The van der Waals surface area contributed by atoms with Crippen LogP contribution in [0.1, 0.15) is 23.6 Å². The van der Waals surface area contributed by atoms with Crippen molar-refractivity contribution in [2.75, 3.05) is 26.6 Å². The van der Waals surface area contributed by atoms with Crippen molar-refractivity contribution in [3.8, 4) is 5.75 Å². The molecule has 0 aromatic heterocycles. The highest BCUT2D eigenvalue weighted by Gasteiger charge is 2.34. The van der Waals surface area contributed by atoms with E-state index in [0.717, 1.165) is 26.4 Å². The van der Waals surface area contributed by atoms with Crippen molar-refractivity contribution >= 4 is 17.6 Å². The van der Waals surface area contributed by atoms with Crippen molar-refractivity contribution in [3.63, 3.8) is 0 Å². The Balaban J connectivity index is 2.43. The van der Waals surface area contributed by atoms with Crippen molar-refractivity contribution in [2.45, 2.75) is 18.6 Å². The lowest BCUT2D eigenvalue weighted by Crippen LogP contribution is -2.30. The van der Waals surface area contributed by atoms with Gasteiger partial charge in [0, 0.05) is 5.69 Å². The number of esters is 2. The van der Waals surface area contributed by atoms with Crippen LogP contribution < -0.4 is 10.1 Å². The monoisotopic (exact) mass is 425 g/mol. The topological polar surface area (TPSA) is 73.9 Å². The fraction of sp³-hybridized carbons (Fsp3) is 0.333. The SMILES string of the molecule is COC(=O)C(C[C@H](Nc1ccc(OC)cc1)c1cccc(C(F)(F)F)c1)C(=O)OC. The zero-order valence-corrected chi connectivity index (χ0v) is 16.7. The number of hydrogen-bond donors (Lipinski definition) is 1. The third-order valence-corrected chi connectivity index (χ3v) is 4.49. The first kappa shape index (κ1) is 23.1. The van der Waals surface area contributed by atoms with E-state index in [9.17, 15) is 22.8 Å². The van der Waals surface area contributed by atoms with Crippen molar-refractivity contribution in [1.29, 1.82) is 0 Å². The number of ether oxygens (including phenoxy) is 3. The summed E-state index contributed by atoms with van der Waals surface area (Å²) in [6.45, 7) is 0. The highest BCUT2D eigenvalue weighted by molar-refractivity contribution is 5.94. The summed E-state index contributed by atoms with van der Waals surface area (Å²) in [6.07, 6.45) is -4.71. The Morgan fingerprint density at radius 3 is 2.07 bits per heavy atom. The first-order valence-corrected chi connectivity index (χ1v) is 8.93. The summed E-state index contributed by atoms with van der Waals surface area (Å²) in [7, 11) is 3.74. The minimum Gasteiger partial charge on any atom is -0.497 e. The van der Waals surface area contributed by atoms with Gasteiger partial charge < -0.3 is 19.5 Å². The second-order valence-electron chi connectivity index (χ2n) is 6.38. The van der Waals surface area contributed by atoms with Crippen LogP contribution in [0, 0.1) is 5.92 Å². The highest BCUT2D eigenvalue weighted by atomic mass is 19.4. The molecule has 0 aliphatic rings. The number of rotatable bonds is 8. The van der Waals surface area contributed by atoms with Gasteiger partial charge in [-0.25, -0.2) is 0 Å². The number of benzene rings is 2. The lowest BCUT2D eigenvalue weighted by Gasteiger charge is -2.24. The molecule has 0 aliphatic heterocycles. The predicted molar refractivity (Wildman–Crippen MR) is 103 cm³/mol. The van der Waals surface area contributed by atoms with Gasteiger partial charge in [0.2, 0.25) is 0 Å². The molecule has 0 amide bonds. The maximum Gasteiger partial charge on any atom is 0.416 e. The molecule has 1 N–H and O–H groups in total. The number of hydrogen-bond acceptors (Lipinski definition) is 6. The molecule has 0 radical (unpaired) electrons. The molecule has 0 saturated carbocycles. The molecular weight excluding hydrogens is 403 g/mol. The van der Waals surface area contributed by atoms with Crippen LogP contribution in [0.25, 0.3) is 0 Å². The molecule has 0 bridgehead atoms. The molecule has 1 atom stereocenters. The summed E-state index contributed by atoms with van der Waals surface area (Å²) in [5.74, 6) is -2.39. The summed E-state index contributed by atoms with van der Waals surface area (Å²) >= 11 is 0. The van der Waals surface area contributed by atoms with Crippen LogP contribution in [0.5, 0.6) is 5.75 Å². The van der Waals surface area contributed by atoms with Gasteiger partial charge >= 0.3 is 18.1 Å². The van der Waals surface area contributed by atoms with Gasteiger partial charge in [-0.2, -0.15) is 13.2 Å². The summed E-state index contributed by atoms with van der Waals surface area (Å²) in [5, 5.41) is 3.08. The van der Waals surface area contributed by atoms with E-state index in [-0.39, 0.29) is 12.0 Å². The number of alkyl halides is 3. The standard InChI is InChI=1S/C21H22F3NO5/c1-28-16-9-7-15(8-10-16)25-18(12-17(19(26)29-2)20(27)30-3)13-5-4-6-14(11-13)21(22,23)24/h4-11,17-18,25H,12H2,1-3H3/t18-/m0/s1. The molecule has 6 nitrogen and oxygen atoms in total. The predicted octanol–water partition coefficient (Wildman–Crippen LogP) is 4.22. The number of anilines is 1. The average molecular weight is 425 g/mol. The summed E-state index contributed by atoms with van der Waals surface area (Å²) in [6, 6.07) is 10.6. The van der Waals surface area contributed by atoms with Gasteiger partial charge in [-0.15, -0.1) is 0 Å². The van der Waals surface area contributed by atoms with Gasteiger partial charge in [0.1, 0.15) is 5.75 Å². The van der Waals surface area contributed by atoms with E-state index in [0.29, 0.717) is 11.4 Å². The zero-order valence-electron chi connectivity index (χ0n) is 16.7. The van der Waals surface area contributed by atoms with Gasteiger partial charge in [-0.05, 0) is 48.4 Å². The fourth-order valence-electron chi connectivity index (χ4n) is 2.91. The molecule has 30 heavy (non-hydrogen) atoms. The van der Waals surface area contributed by atoms with Gasteiger partial charge in [-0.3, -0.25) is 9.59 Å². The van der Waals surface area contributed by atoms with Crippen LogP contribution in [0.4, 0.5) is 18.9 Å². The van der Waals surface area contributed by atoms with E-state index in [4.69, 9.17) is 4.74 Å².